The highest BCUT2D eigenvalue weighted by molar-refractivity contribution is 4.95. The molecule has 0 bridgehead atoms. The highest BCUT2D eigenvalue weighted by Gasteiger charge is 2.36. The minimum atomic E-state index is 0.212. The fraction of sp³-hybridized carbons (Fsp3) is 0.941. The van der Waals surface area contributed by atoms with Gasteiger partial charge in [-0.2, -0.15) is 5.26 Å². The van der Waals surface area contributed by atoms with Crippen molar-refractivity contribution in [3.8, 4) is 6.07 Å². The first-order valence-corrected chi connectivity index (χ1v) is 8.06. The summed E-state index contributed by atoms with van der Waals surface area (Å²) in [5, 5.41) is 12.4. The minimum Gasteiger partial charge on any atom is -0.314 e. The van der Waals surface area contributed by atoms with Gasteiger partial charge in [-0.15, -0.1) is 0 Å². The van der Waals surface area contributed by atoms with Crippen molar-refractivity contribution in [2.75, 3.05) is 27.2 Å². The molecule has 2 atom stereocenters. The van der Waals surface area contributed by atoms with Crippen molar-refractivity contribution in [2.24, 2.45) is 11.3 Å². The van der Waals surface area contributed by atoms with E-state index in [-0.39, 0.29) is 5.41 Å². The van der Waals surface area contributed by atoms with Gasteiger partial charge in [0.15, 0.2) is 0 Å². The van der Waals surface area contributed by atoms with Crippen molar-refractivity contribution in [3.63, 3.8) is 0 Å². The standard InChI is InChI=1S/C17H33N3/c1-15-8-6-10-17(12-15,20(4)5)14-19-13-16(2,3)9-7-11-18/h15,19H,6-10,12-14H2,1-5H3. The van der Waals surface area contributed by atoms with Crippen molar-refractivity contribution in [1.82, 2.24) is 10.2 Å². The second kappa shape index (κ2) is 7.43. The Balaban J connectivity index is 2.50. The summed E-state index contributed by atoms with van der Waals surface area (Å²) in [6.45, 7) is 8.96. The normalized spacial score (nSPS) is 27.6. The van der Waals surface area contributed by atoms with Gasteiger partial charge in [0.1, 0.15) is 0 Å². The number of nitriles is 1. The molecule has 1 saturated carbocycles. The average molecular weight is 279 g/mol. The van der Waals surface area contributed by atoms with Crippen LogP contribution in [0.4, 0.5) is 0 Å². The van der Waals surface area contributed by atoms with Crippen molar-refractivity contribution in [3.05, 3.63) is 0 Å². The number of rotatable bonds is 7. The molecule has 1 aliphatic rings. The van der Waals surface area contributed by atoms with Gasteiger partial charge in [-0.05, 0) is 44.7 Å². The zero-order valence-corrected chi connectivity index (χ0v) is 14.1. The van der Waals surface area contributed by atoms with Gasteiger partial charge in [-0.1, -0.05) is 33.6 Å². The van der Waals surface area contributed by atoms with Gasteiger partial charge in [0, 0.05) is 25.0 Å². The lowest BCUT2D eigenvalue weighted by atomic mass is 9.75. The van der Waals surface area contributed by atoms with E-state index in [0.29, 0.717) is 12.0 Å². The molecule has 0 aromatic heterocycles. The fourth-order valence-corrected chi connectivity index (χ4v) is 3.47. The summed E-state index contributed by atoms with van der Waals surface area (Å²) in [4.78, 5) is 2.43. The van der Waals surface area contributed by atoms with E-state index >= 15 is 0 Å². The Kier molecular flexibility index (Phi) is 6.48. The highest BCUT2D eigenvalue weighted by atomic mass is 15.2. The van der Waals surface area contributed by atoms with Gasteiger partial charge >= 0.3 is 0 Å². The van der Waals surface area contributed by atoms with Gasteiger partial charge in [0.2, 0.25) is 0 Å². The van der Waals surface area contributed by atoms with Crippen LogP contribution in [0.15, 0.2) is 0 Å². The number of hydrogen-bond donors (Lipinski definition) is 1. The van der Waals surface area contributed by atoms with Crippen molar-refractivity contribution in [2.45, 2.75) is 64.8 Å². The Hall–Kier alpha value is -0.590. The van der Waals surface area contributed by atoms with E-state index in [0.717, 1.165) is 25.4 Å². The molecule has 0 aromatic carbocycles. The first-order valence-electron chi connectivity index (χ1n) is 8.06. The SMILES string of the molecule is CC1CCCC(CNCC(C)(C)CCC#N)(N(C)C)C1. The summed E-state index contributed by atoms with van der Waals surface area (Å²) in [6, 6.07) is 2.26. The van der Waals surface area contributed by atoms with Crippen molar-refractivity contribution < 1.29 is 0 Å². The van der Waals surface area contributed by atoms with Gasteiger partial charge in [0.05, 0.1) is 6.07 Å². The lowest BCUT2D eigenvalue weighted by Gasteiger charge is -2.46. The molecule has 3 heteroatoms. The van der Waals surface area contributed by atoms with Crippen LogP contribution < -0.4 is 5.32 Å². The summed E-state index contributed by atoms with van der Waals surface area (Å²) in [7, 11) is 4.45. The number of nitrogens with zero attached hydrogens (tertiary/aromatic N) is 2. The van der Waals surface area contributed by atoms with Crippen LogP contribution in [-0.4, -0.2) is 37.6 Å². The van der Waals surface area contributed by atoms with E-state index in [4.69, 9.17) is 5.26 Å². The van der Waals surface area contributed by atoms with E-state index in [1.54, 1.807) is 0 Å². The van der Waals surface area contributed by atoms with Crippen LogP contribution >= 0.6 is 0 Å². The third kappa shape index (κ3) is 5.07. The first-order chi connectivity index (χ1) is 9.31. The summed E-state index contributed by atoms with van der Waals surface area (Å²) in [6.07, 6.45) is 6.95. The van der Waals surface area contributed by atoms with Crippen LogP contribution in [0.25, 0.3) is 0 Å². The molecule has 0 saturated heterocycles. The summed E-state index contributed by atoms with van der Waals surface area (Å²) >= 11 is 0. The third-order valence-electron chi connectivity index (χ3n) is 4.99. The molecule has 0 radical (unpaired) electrons. The lowest BCUT2D eigenvalue weighted by molar-refractivity contribution is 0.0724. The summed E-state index contributed by atoms with van der Waals surface area (Å²) < 4.78 is 0. The predicted octanol–water partition coefficient (Wildman–Crippen LogP) is 3.42. The molecule has 0 aromatic rings. The molecule has 0 heterocycles. The van der Waals surface area contributed by atoms with Gasteiger partial charge < -0.3 is 10.2 Å². The van der Waals surface area contributed by atoms with E-state index < -0.39 is 0 Å². The van der Waals surface area contributed by atoms with Crippen LogP contribution in [0.2, 0.25) is 0 Å². The van der Waals surface area contributed by atoms with Crippen LogP contribution in [0, 0.1) is 22.7 Å². The van der Waals surface area contributed by atoms with E-state index in [1.807, 2.05) is 0 Å². The molecule has 1 fully saturated rings. The molecule has 3 nitrogen and oxygen atoms in total. The Morgan fingerprint density at radius 3 is 2.65 bits per heavy atom. The topological polar surface area (TPSA) is 39.1 Å². The van der Waals surface area contributed by atoms with Crippen LogP contribution in [0.1, 0.15) is 59.3 Å². The second-order valence-electron chi connectivity index (χ2n) is 7.75. The Labute approximate surface area is 125 Å². The molecule has 1 rings (SSSR count). The molecule has 20 heavy (non-hydrogen) atoms. The number of nitrogens with one attached hydrogen (secondary N) is 1. The molecule has 0 aliphatic heterocycles. The Morgan fingerprint density at radius 1 is 1.40 bits per heavy atom. The lowest BCUT2D eigenvalue weighted by Crippen LogP contribution is -2.55. The van der Waals surface area contributed by atoms with Crippen LogP contribution in [0.5, 0.6) is 0 Å². The maximum atomic E-state index is 8.72. The molecule has 1 N–H and O–H groups in total. The van der Waals surface area contributed by atoms with Crippen LogP contribution in [-0.2, 0) is 0 Å². The maximum Gasteiger partial charge on any atom is 0.0621 e. The molecule has 0 amide bonds. The molecular weight excluding hydrogens is 246 g/mol. The van der Waals surface area contributed by atoms with E-state index in [1.165, 1.54) is 25.7 Å². The number of likely N-dealkylation sites (N-methyl/N-ethyl adjacent to an activating group) is 1. The minimum absolute atomic E-state index is 0.212. The van der Waals surface area contributed by atoms with Gasteiger partial charge in [-0.3, -0.25) is 0 Å². The second-order valence-corrected chi connectivity index (χ2v) is 7.75. The van der Waals surface area contributed by atoms with Crippen molar-refractivity contribution >= 4 is 0 Å². The molecular formula is C17H33N3. The predicted molar refractivity (Wildman–Crippen MR) is 85.5 cm³/mol. The average Bonchev–Trinajstić information content (AvgIpc) is 2.36. The molecule has 0 spiro atoms. The van der Waals surface area contributed by atoms with E-state index in [9.17, 15) is 0 Å². The fourth-order valence-electron chi connectivity index (χ4n) is 3.47. The third-order valence-corrected chi connectivity index (χ3v) is 4.99. The van der Waals surface area contributed by atoms with E-state index in [2.05, 4.69) is 51.2 Å². The maximum absolute atomic E-state index is 8.72. The monoisotopic (exact) mass is 279 g/mol. The molecule has 2 unspecified atom stereocenters. The Morgan fingerprint density at radius 2 is 2.10 bits per heavy atom. The highest BCUT2D eigenvalue weighted by Crippen LogP contribution is 2.35. The smallest absolute Gasteiger partial charge is 0.0621 e. The zero-order valence-electron chi connectivity index (χ0n) is 14.1. The summed E-state index contributed by atoms with van der Waals surface area (Å²) in [5.41, 5.74) is 0.534. The summed E-state index contributed by atoms with van der Waals surface area (Å²) in [5.74, 6) is 0.833. The van der Waals surface area contributed by atoms with Crippen LogP contribution in [0.3, 0.4) is 0 Å². The first kappa shape index (κ1) is 17.5. The quantitative estimate of drug-likeness (QED) is 0.776. The van der Waals surface area contributed by atoms with Gasteiger partial charge in [0.25, 0.3) is 0 Å². The largest absolute Gasteiger partial charge is 0.314 e. The number of hydrogen-bond acceptors (Lipinski definition) is 3. The molecule has 1 aliphatic carbocycles. The zero-order chi connectivity index (χ0) is 15.2. The Bertz CT molecular complexity index is 330. The molecule has 116 valence electrons. The van der Waals surface area contributed by atoms with Crippen molar-refractivity contribution in [1.29, 1.82) is 5.26 Å². The van der Waals surface area contributed by atoms with Gasteiger partial charge in [-0.25, -0.2) is 0 Å².